The van der Waals surface area contributed by atoms with E-state index < -0.39 is 0 Å². The average molecular weight is 361 g/mol. The minimum Gasteiger partial charge on any atom is -0.336 e. The minimum absolute atomic E-state index is 0.0178. The molecule has 136 valence electrons. The van der Waals surface area contributed by atoms with Crippen molar-refractivity contribution < 1.29 is 9.59 Å². The molecule has 2 aromatic carbocycles. The van der Waals surface area contributed by atoms with Gasteiger partial charge in [-0.25, -0.2) is 4.79 Å². The number of urea groups is 1. The Balaban J connectivity index is 1.69. The maximum absolute atomic E-state index is 12.5. The van der Waals surface area contributed by atoms with E-state index in [0.29, 0.717) is 16.9 Å². The van der Waals surface area contributed by atoms with Crippen LogP contribution in [0.4, 0.5) is 16.2 Å². The van der Waals surface area contributed by atoms with Crippen LogP contribution in [-0.2, 0) is 4.79 Å². The first-order valence-corrected chi connectivity index (χ1v) is 8.68. The Hall–Kier alpha value is -3.61. The van der Waals surface area contributed by atoms with Crippen LogP contribution in [-0.4, -0.2) is 28.2 Å². The summed E-state index contributed by atoms with van der Waals surface area (Å²) in [6.07, 6.45) is 3.59. The van der Waals surface area contributed by atoms with Gasteiger partial charge >= 0.3 is 6.03 Å². The second-order valence-electron chi connectivity index (χ2n) is 6.71. The van der Waals surface area contributed by atoms with Crippen molar-refractivity contribution in [2.75, 3.05) is 10.6 Å². The van der Waals surface area contributed by atoms with E-state index in [0.717, 1.165) is 22.0 Å². The molecule has 4 rings (SSSR count). The summed E-state index contributed by atoms with van der Waals surface area (Å²) >= 11 is 0. The predicted octanol–water partition coefficient (Wildman–Crippen LogP) is 3.59. The van der Waals surface area contributed by atoms with Crippen molar-refractivity contribution in [3.8, 4) is 0 Å². The fourth-order valence-corrected chi connectivity index (χ4v) is 3.09. The van der Waals surface area contributed by atoms with Gasteiger partial charge < -0.3 is 16.0 Å². The number of anilines is 2. The number of nitrogens with one attached hydrogen (secondary N) is 4. The lowest BCUT2D eigenvalue weighted by Crippen LogP contribution is -2.34. The Bertz CT molecular complexity index is 1080. The van der Waals surface area contributed by atoms with E-state index in [4.69, 9.17) is 0 Å². The maximum Gasteiger partial charge on any atom is 0.319 e. The minimum atomic E-state index is -0.310. The van der Waals surface area contributed by atoms with Crippen molar-refractivity contribution >= 4 is 45.9 Å². The molecule has 1 aromatic heterocycles. The molecule has 0 radical (unpaired) electrons. The van der Waals surface area contributed by atoms with Crippen LogP contribution in [0.2, 0.25) is 0 Å². The summed E-state index contributed by atoms with van der Waals surface area (Å²) in [7, 11) is 0. The van der Waals surface area contributed by atoms with Crippen LogP contribution >= 0.6 is 0 Å². The normalized spacial score (nSPS) is 14.5. The van der Waals surface area contributed by atoms with Crippen molar-refractivity contribution in [1.82, 2.24) is 15.5 Å². The number of rotatable bonds is 3. The monoisotopic (exact) mass is 361 g/mol. The van der Waals surface area contributed by atoms with Crippen LogP contribution in [0.1, 0.15) is 25.0 Å². The summed E-state index contributed by atoms with van der Waals surface area (Å²) in [5.41, 5.74) is 4.27. The largest absolute Gasteiger partial charge is 0.336 e. The summed E-state index contributed by atoms with van der Waals surface area (Å²) < 4.78 is 0. The van der Waals surface area contributed by atoms with Crippen LogP contribution < -0.4 is 16.0 Å². The lowest BCUT2D eigenvalue weighted by atomic mass is 10.0. The summed E-state index contributed by atoms with van der Waals surface area (Å²) in [5.74, 6) is -0.201. The van der Waals surface area contributed by atoms with E-state index in [-0.39, 0.29) is 18.0 Å². The van der Waals surface area contributed by atoms with Gasteiger partial charge in [0.1, 0.15) is 0 Å². The smallest absolute Gasteiger partial charge is 0.319 e. The number of hydrogen-bond donors (Lipinski definition) is 4. The Kier molecular flexibility index (Phi) is 4.12. The Morgan fingerprint density at radius 2 is 2.07 bits per heavy atom. The number of carbonyl (C=O) groups excluding carboxylic acids is 2. The molecule has 1 aliphatic heterocycles. The number of aromatic amines is 1. The molecule has 0 aliphatic carbocycles. The predicted molar refractivity (Wildman–Crippen MR) is 106 cm³/mol. The fourth-order valence-electron chi connectivity index (χ4n) is 3.09. The highest BCUT2D eigenvalue weighted by molar-refractivity contribution is 6.36. The highest BCUT2D eigenvalue weighted by atomic mass is 16.2. The van der Waals surface area contributed by atoms with Gasteiger partial charge in [0.05, 0.1) is 23.1 Å². The van der Waals surface area contributed by atoms with E-state index >= 15 is 0 Å². The highest BCUT2D eigenvalue weighted by Gasteiger charge is 2.27. The number of nitrogens with zero attached hydrogens (tertiary/aromatic N) is 1. The van der Waals surface area contributed by atoms with Crippen LogP contribution in [0, 0.1) is 0 Å². The molecule has 0 bridgehead atoms. The number of H-pyrrole nitrogens is 1. The van der Waals surface area contributed by atoms with E-state index in [1.807, 2.05) is 50.3 Å². The second-order valence-corrected chi connectivity index (χ2v) is 6.71. The molecule has 2 heterocycles. The summed E-state index contributed by atoms with van der Waals surface area (Å²) in [5, 5.41) is 16.4. The first-order chi connectivity index (χ1) is 13.0. The molecule has 27 heavy (non-hydrogen) atoms. The van der Waals surface area contributed by atoms with Gasteiger partial charge in [0.15, 0.2) is 0 Å². The van der Waals surface area contributed by atoms with E-state index in [2.05, 4.69) is 26.1 Å². The molecule has 3 aromatic rings. The topological polar surface area (TPSA) is 98.9 Å². The van der Waals surface area contributed by atoms with E-state index in [9.17, 15) is 9.59 Å². The van der Waals surface area contributed by atoms with Gasteiger partial charge in [-0.3, -0.25) is 9.89 Å². The quantitative estimate of drug-likeness (QED) is 0.537. The van der Waals surface area contributed by atoms with Crippen LogP contribution in [0.3, 0.4) is 0 Å². The third-order valence-corrected chi connectivity index (χ3v) is 4.28. The molecule has 0 saturated heterocycles. The summed E-state index contributed by atoms with van der Waals surface area (Å²) in [6.45, 7) is 3.77. The lowest BCUT2D eigenvalue weighted by molar-refractivity contribution is -0.110. The molecule has 0 saturated carbocycles. The van der Waals surface area contributed by atoms with Crippen LogP contribution in [0.5, 0.6) is 0 Å². The number of benzene rings is 2. The fraction of sp³-hybridized carbons (Fsp3) is 0.150. The van der Waals surface area contributed by atoms with Gasteiger partial charge in [-0.05, 0) is 37.6 Å². The van der Waals surface area contributed by atoms with Gasteiger partial charge in [-0.2, -0.15) is 5.10 Å². The van der Waals surface area contributed by atoms with Gasteiger partial charge in [0, 0.05) is 22.6 Å². The zero-order chi connectivity index (χ0) is 19.0. The first-order valence-electron chi connectivity index (χ1n) is 8.68. The van der Waals surface area contributed by atoms with Gasteiger partial charge in [0.25, 0.3) is 5.91 Å². The van der Waals surface area contributed by atoms with Gasteiger partial charge in [0.2, 0.25) is 0 Å². The second kappa shape index (κ2) is 6.60. The van der Waals surface area contributed by atoms with Crippen LogP contribution in [0.15, 0.2) is 42.6 Å². The number of fused-ring (bicyclic) bond motifs is 2. The molecular formula is C20H19N5O2. The molecule has 3 amide bonds. The number of hydrogen-bond acceptors (Lipinski definition) is 3. The zero-order valence-electron chi connectivity index (χ0n) is 15.0. The molecule has 0 unspecified atom stereocenters. The summed E-state index contributed by atoms with van der Waals surface area (Å²) in [6, 6.07) is 11.0. The van der Waals surface area contributed by atoms with E-state index in [1.165, 1.54) is 0 Å². The van der Waals surface area contributed by atoms with E-state index in [1.54, 1.807) is 12.3 Å². The number of amides is 3. The molecule has 0 fully saturated rings. The molecule has 4 N–H and O–H groups in total. The SMILES string of the molecule is CC(C)NC(=O)Nc1cccc2c1NC(=O)C2=Cc1ccc2cn[nH]c2c1. The van der Waals surface area contributed by atoms with Crippen molar-refractivity contribution in [2.24, 2.45) is 0 Å². The molecular weight excluding hydrogens is 342 g/mol. The lowest BCUT2D eigenvalue weighted by Gasteiger charge is -2.12. The van der Waals surface area contributed by atoms with Crippen molar-refractivity contribution in [1.29, 1.82) is 0 Å². The van der Waals surface area contributed by atoms with Crippen molar-refractivity contribution in [2.45, 2.75) is 19.9 Å². The van der Waals surface area contributed by atoms with Crippen LogP contribution in [0.25, 0.3) is 22.6 Å². The summed E-state index contributed by atoms with van der Waals surface area (Å²) in [4.78, 5) is 24.6. The number of carbonyl (C=O) groups is 2. The highest BCUT2D eigenvalue weighted by Crippen LogP contribution is 2.38. The van der Waals surface area contributed by atoms with Crippen molar-refractivity contribution in [3.63, 3.8) is 0 Å². The molecule has 1 aliphatic rings. The molecule has 7 heteroatoms. The number of para-hydroxylation sites is 1. The van der Waals surface area contributed by atoms with Crippen molar-refractivity contribution in [3.05, 3.63) is 53.7 Å². The molecule has 0 atom stereocenters. The Morgan fingerprint density at radius 3 is 2.89 bits per heavy atom. The van der Waals surface area contributed by atoms with Gasteiger partial charge in [-0.1, -0.05) is 24.3 Å². The standard InChI is InChI=1S/C20H19N5O2/c1-11(2)22-20(27)23-16-5-3-4-14-15(19(26)24-18(14)16)8-12-6-7-13-10-21-25-17(13)9-12/h3-11H,1-2H3,(H,21,25)(H,24,26)(H2,22,23,27). The van der Waals surface area contributed by atoms with Gasteiger partial charge in [-0.15, -0.1) is 0 Å². The zero-order valence-corrected chi connectivity index (χ0v) is 15.0. The molecule has 7 nitrogen and oxygen atoms in total. The third kappa shape index (κ3) is 3.27. The third-order valence-electron chi connectivity index (χ3n) is 4.28. The molecule has 0 spiro atoms. The Labute approximate surface area is 155 Å². The Morgan fingerprint density at radius 1 is 1.22 bits per heavy atom. The average Bonchev–Trinajstić information content (AvgIpc) is 3.19. The number of aromatic nitrogens is 2. The maximum atomic E-state index is 12.5. The first kappa shape index (κ1) is 16.8.